The number of hydrogen-bond acceptors (Lipinski definition) is 3. The van der Waals surface area contributed by atoms with E-state index in [1.807, 2.05) is 60.1 Å². The van der Waals surface area contributed by atoms with Crippen LogP contribution in [0.1, 0.15) is 16.1 Å². The van der Waals surface area contributed by atoms with Crippen LogP contribution >= 0.6 is 0 Å². The van der Waals surface area contributed by atoms with Gasteiger partial charge in [0.2, 0.25) is 0 Å². The molecule has 0 aliphatic carbocycles. The van der Waals surface area contributed by atoms with E-state index >= 15 is 0 Å². The Labute approximate surface area is 147 Å². The molecule has 0 fully saturated rings. The number of nitrogens with zero attached hydrogens (tertiary/aromatic N) is 1. The summed E-state index contributed by atoms with van der Waals surface area (Å²) in [4.78, 5) is 12.5. The Morgan fingerprint density at radius 3 is 2.52 bits per heavy atom. The molecule has 3 aromatic rings. The highest BCUT2D eigenvalue weighted by Crippen LogP contribution is 2.27. The van der Waals surface area contributed by atoms with Crippen LogP contribution in [0, 0.1) is 0 Å². The van der Waals surface area contributed by atoms with E-state index < -0.39 is 0 Å². The van der Waals surface area contributed by atoms with Crippen LogP contribution in [0.4, 0.5) is 0 Å². The van der Waals surface area contributed by atoms with E-state index in [9.17, 15) is 4.79 Å². The maximum absolute atomic E-state index is 12.5. The standard InChI is InChI=1S/C20H22N2O3/c1-22-17-5-4-6-19(25-3)16(17)13-18(22)20(23)21-12-11-14-7-9-15(24-2)10-8-14/h4-10,13H,11-12H2,1-3H3,(H,21,23). The molecule has 0 saturated heterocycles. The van der Waals surface area contributed by atoms with Gasteiger partial charge in [0, 0.05) is 19.0 Å². The molecule has 1 heterocycles. The number of nitrogens with one attached hydrogen (secondary N) is 1. The van der Waals surface area contributed by atoms with Crippen molar-refractivity contribution in [3.8, 4) is 11.5 Å². The smallest absolute Gasteiger partial charge is 0.267 e. The second-order valence-corrected chi connectivity index (χ2v) is 5.84. The zero-order valence-corrected chi connectivity index (χ0v) is 14.7. The van der Waals surface area contributed by atoms with E-state index in [1.165, 1.54) is 0 Å². The molecule has 0 radical (unpaired) electrons. The van der Waals surface area contributed by atoms with Gasteiger partial charge in [-0.15, -0.1) is 0 Å². The number of benzene rings is 2. The van der Waals surface area contributed by atoms with Gasteiger partial charge in [-0.2, -0.15) is 0 Å². The first-order valence-corrected chi connectivity index (χ1v) is 8.17. The third-order valence-corrected chi connectivity index (χ3v) is 4.36. The number of rotatable bonds is 6. The zero-order valence-electron chi connectivity index (χ0n) is 14.7. The highest BCUT2D eigenvalue weighted by Gasteiger charge is 2.15. The van der Waals surface area contributed by atoms with Crippen LogP contribution in [-0.4, -0.2) is 31.2 Å². The lowest BCUT2D eigenvalue weighted by atomic mass is 10.1. The summed E-state index contributed by atoms with van der Waals surface area (Å²) in [6.45, 7) is 0.573. The second-order valence-electron chi connectivity index (χ2n) is 5.84. The van der Waals surface area contributed by atoms with Gasteiger partial charge in [0.15, 0.2) is 0 Å². The van der Waals surface area contributed by atoms with Gasteiger partial charge in [0.25, 0.3) is 5.91 Å². The summed E-state index contributed by atoms with van der Waals surface area (Å²) < 4.78 is 12.4. The minimum atomic E-state index is -0.0886. The summed E-state index contributed by atoms with van der Waals surface area (Å²) in [5.41, 5.74) is 2.74. The maximum Gasteiger partial charge on any atom is 0.267 e. The van der Waals surface area contributed by atoms with Crippen molar-refractivity contribution in [2.24, 2.45) is 7.05 Å². The fourth-order valence-corrected chi connectivity index (χ4v) is 2.93. The van der Waals surface area contributed by atoms with E-state index in [0.717, 1.165) is 34.4 Å². The van der Waals surface area contributed by atoms with Gasteiger partial charge >= 0.3 is 0 Å². The molecule has 25 heavy (non-hydrogen) atoms. The van der Waals surface area contributed by atoms with Crippen molar-refractivity contribution in [2.75, 3.05) is 20.8 Å². The topological polar surface area (TPSA) is 52.5 Å². The molecule has 3 rings (SSSR count). The van der Waals surface area contributed by atoms with Crippen LogP contribution in [0.3, 0.4) is 0 Å². The van der Waals surface area contributed by atoms with Crippen molar-refractivity contribution < 1.29 is 14.3 Å². The molecule has 5 nitrogen and oxygen atoms in total. The molecule has 1 aromatic heterocycles. The molecule has 0 spiro atoms. The lowest BCUT2D eigenvalue weighted by Crippen LogP contribution is -2.27. The molecule has 0 aliphatic heterocycles. The van der Waals surface area contributed by atoms with Crippen LogP contribution in [0.15, 0.2) is 48.5 Å². The van der Waals surface area contributed by atoms with E-state index in [0.29, 0.717) is 12.2 Å². The third kappa shape index (κ3) is 3.45. The van der Waals surface area contributed by atoms with Gasteiger partial charge in [-0.05, 0) is 42.3 Å². The van der Waals surface area contributed by atoms with Crippen molar-refractivity contribution in [2.45, 2.75) is 6.42 Å². The van der Waals surface area contributed by atoms with Crippen LogP contribution in [0.2, 0.25) is 0 Å². The lowest BCUT2D eigenvalue weighted by molar-refractivity contribution is 0.0946. The first kappa shape index (κ1) is 16.9. The van der Waals surface area contributed by atoms with E-state index in [1.54, 1.807) is 14.2 Å². The minimum Gasteiger partial charge on any atom is -0.497 e. The molecule has 0 saturated carbocycles. The highest BCUT2D eigenvalue weighted by atomic mass is 16.5. The summed E-state index contributed by atoms with van der Waals surface area (Å²) in [5.74, 6) is 1.51. The van der Waals surface area contributed by atoms with Crippen molar-refractivity contribution in [1.29, 1.82) is 0 Å². The molecular weight excluding hydrogens is 316 g/mol. The van der Waals surface area contributed by atoms with E-state index in [-0.39, 0.29) is 5.91 Å². The second kappa shape index (κ2) is 7.30. The number of methoxy groups -OCH3 is 2. The van der Waals surface area contributed by atoms with Crippen molar-refractivity contribution in [1.82, 2.24) is 9.88 Å². The predicted octanol–water partition coefficient (Wildman–Crippen LogP) is 3.17. The largest absolute Gasteiger partial charge is 0.497 e. The first-order chi connectivity index (χ1) is 12.1. The van der Waals surface area contributed by atoms with Crippen molar-refractivity contribution in [3.05, 3.63) is 59.8 Å². The Morgan fingerprint density at radius 1 is 1.08 bits per heavy atom. The third-order valence-electron chi connectivity index (χ3n) is 4.36. The summed E-state index contributed by atoms with van der Waals surface area (Å²) in [6.07, 6.45) is 0.767. The van der Waals surface area contributed by atoms with Crippen LogP contribution in [0.5, 0.6) is 11.5 Å². The molecule has 0 unspecified atom stereocenters. The number of carbonyl (C=O) groups excluding carboxylic acids is 1. The van der Waals surface area contributed by atoms with E-state index in [2.05, 4.69) is 5.32 Å². The van der Waals surface area contributed by atoms with Gasteiger partial charge in [0.1, 0.15) is 17.2 Å². The number of aromatic nitrogens is 1. The Kier molecular flexibility index (Phi) is 4.93. The molecule has 5 heteroatoms. The Morgan fingerprint density at radius 2 is 1.84 bits per heavy atom. The maximum atomic E-state index is 12.5. The molecular formula is C20H22N2O3. The summed E-state index contributed by atoms with van der Waals surface area (Å²) in [5, 5.41) is 3.92. The average molecular weight is 338 g/mol. The Bertz CT molecular complexity index is 882. The van der Waals surface area contributed by atoms with Crippen molar-refractivity contribution >= 4 is 16.8 Å². The molecule has 130 valence electrons. The van der Waals surface area contributed by atoms with Gasteiger partial charge in [-0.3, -0.25) is 4.79 Å². The van der Waals surface area contributed by atoms with Crippen molar-refractivity contribution in [3.63, 3.8) is 0 Å². The molecule has 1 amide bonds. The number of ether oxygens (including phenoxy) is 2. The number of fused-ring (bicyclic) bond motifs is 1. The number of aryl methyl sites for hydroxylation is 1. The quantitative estimate of drug-likeness (QED) is 0.751. The van der Waals surface area contributed by atoms with Crippen LogP contribution < -0.4 is 14.8 Å². The predicted molar refractivity (Wildman–Crippen MR) is 98.5 cm³/mol. The normalized spacial score (nSPS) is 10.7. The van der Waals surface area contributed by atoms with Gasteiger partial charge in [-0.1, -0.05) is 18.2 Å². The summed E-state index contributed by atoms with van der Waals surface area (Å²) >= 11 is 0. The SMILES string of the molecule is COc1ccc(CCNC(=O)c2cc3c(OC)cccc3n2C)cc1. The van der Waals surface area contributed by atoms with Gasteiger partial charge in [0.05, 0.1) is 19.7 Å². The highest BCUT2D eigenvalue weighted by molar-refractivity contribution is 6.00. The van der Waals surface area contributed by atoms with Gasteiger partial charge in [-0.25, -0.2) is 0 Å². The Hall–Kier alpha value is -2.95. The zero-order chi connectivity index (χ0) is 17.8. The first-order valence-electron chi connectivity index (χ1n) is 8.17. The Balaban J connectivity index is 1.68. The molecule has 1 N–H and O–H groups in total. The number of hydrogen-bond donors (Lipinski definition) is 1. The molecule has 2 aromatic carbocycles. The lowest BCUT2D eigenvalue weighted by Gasteiger charge is -2.07. The van der Waals surface area contributed by atoms with Crippen LogP contribution in [0.25, 0.3) is 10.9 Å². The fraction of sp³-hybridized carbons (Fsp3) is 0.250. The molecule has 0 atom stereocenters. The molecule has 0 bridgehead atoms. The number of carbonyl (C=O) groups is 1. The summed E-state index contributed by atoms with van der Waals surface area (Å²) in [6, 6.07) is 15.5. The monoisotopic (exact) mass is 338 g/mol. The number of amides is 1. The van der Waals surface area contributed by atoms with E-state index in [4.69, 9.17) is 9.47 Å². The molecule has 0 aliphatic rings. The van der Waals surface area contributed by atoms with Gasteiger partial charge < -0.3 is 19.4 Å². The average Bonchev–Trinajstić information content (AvgIpc) is 2.99. The van der Waals surface area contributed by atoms with Crippen LogP contribution in [-0.2, 0) is 13.5 Å². The minimum absolute atomic E-state index is 0.0886. The summed E-state index contributed by atoms with van der Waals surface area (Å²) in [7, 11) is 5.17. The fourth-order valence-electron chi connectivity index (χ4n) is 2.93.